The molecule has 6 rings (SSSR count). The van der Waals surface area contributed by atoms with Crippen molar-refractivity contribution in [1.82, 2.24) is 4.57 Å². The van der Waals surface area contributed by atoms with E-state index in [1.165, 1.54) is 55.0 Å². The lowest BCUT2D eigenvalue weighted by Gasteiger charge is -2.15. The molecule has 0 atom stereocenters. The zero-order valence-corrected chi connectivity index (χ0v) is 16.8. The van der Waals surface area contributed by atoms with Gasteiger partial charge in [0.05, 0.1) is 16.7 Å². The maximum absolute atomic E-state index is 2.42. The molecule has 0 N–H and O–H groups in total. The molecule has 0 aliphatic carbocycles. The fraction of sp³-hybridized carbons (Fsp3) is 0.0345. The molecule has 0 saturated heterocycles. The second kappa shape index (κ2) is 6.60. The van der Waals surface area contributed by atoms with E-state index in [0.717, 1.165) is 0 Å². The Hall–Kier alpha value is -3.84. The summed E-state index contributed by atoms with van der Waals surface area (Å²) < 4.78 is 2.42. The van der Waals surface area contributed by atoms with E-state index < -0.39 is 0 Å². The Morgan fingerprint density at radius 3 is 2.00 bits per heavy atom. The highest BCUT2D eigenvalue weighted by molar-refractivity contribution is 6.11. The van der Waals surface area contributed by atoms with Crippen LogP contribution in [-0.4, -0.2) is 4.57 Å². The third-order valence-electron chi connectivity index (χ3n) is 6.05. The van der Waals surface area contributed by atoms with Gasteiger partial charge < -0.3 is 4.57 Å². The van der Waals surface area contributed by atoms with E-state index in [1.807, 2.05) is 0 Å². The van der Waals surface area contributed by atoms with Gasteiger partial charge in [-0.1, -0.05) is 90.5 Å². The number of hydrogen-bond acceptors (Lipinski definition) is 0. The average Bonchev–Trinajstić information content (AvgIpc) is 3.12. The SMILES string of the molecule is Cc1ccc2c(c1)c1ccccc1n2-c1ccc(-c2ccccc2)c2ccccc12. The van der Waals surface area contributed by atoms with Gasteiger partial charge in [0.1, 0.15) is 0 Å². The smallest absolute Gasteiger partial charge is 0.0541 e. The fourth-order valence-corrected chi connectivity index (χ4v) is 4.69. The van der Waals surface area contributed by atoms with Gasteiger partial charge in [0, 0.05) is 16.2 Å². The van der Waals surface area contributed by atoms with Crippen LogP contribution in [0.25, 0.3) is 49.4 Å². The highest BCUT2D eigenvalue weighted by Gasteiger charge is 2.15. The molecular weight excluding hydrogens is 362 g/mol. The van der Waals surface area contributed by atoms with Crippen LogP contribution in [0.2, 0.25) is 0 Å². The number of fused-ring (bicyclic) bond motifs is 4. The minimum absolute atomic E-state index is 1.22. The lowest BCUT2D eigenvalue weighted by Crippen LogP contribution is -1.96. The van der Waals surface area contributed by atoms with E-state index in [4.69, 9.17) is 0 Å². The Kier molecular flexibility index (Phi) is 3.75. The summed E-state index contributed by atoms with van der Waals surface area (Å²) >= 11 is 0. The van der Waals surface area contributed by atoms with Crippen LogP contribution in [0.5, 0.6) is 0 Å². The van der Waals surface area contributed by atoms with Gasteiger partial charge in [-0.05, 0) is 47.7 Å². The predicted molar refractivity (Wildman–Crippen MR) is 128 cm³/mol. The topological polar surface area (TPSA) is 4.93 Å². The lowest BCUT2D eigenvalue weighted by molar-refractivity contribution is 1.20. The first-order valence-electron chi connectivity index (χ1n) is 10.4. The molecule has 0 aliphatic heterocycles. The summed E-state index contributed by atoms with van der Waals surface area (Å²) in [5.41, 5.74) is 7.52. The van der Waals surface area contributed by atoms with E-state index in [9.17, 15) is 0 Å². The van der Waals surface area contributed by atoms with Crippen LogP contribution < -0.4 is 0 Å². The Morgan fingerprint density at radius 1 is 0.500 bits per heavy atom. The third-order valence-corrected chi connectivity index (χ3v) is 6.05. The van der Waals surface area contributed by atoms with Crippen molar-refractivity contribution < 1.29 is 0 Å². The van der Waals surface area contributed by atoms with Gasteiger partial charge in [0.25, 0.3) is 0 Å². The van der Waals surface area contributed by atoms with Gasteiger partial charge >= 0.3 is 0 Å². The summed E-state index contributed by atoms with van der Waals surface area (Å²) in [7, 11) is 0. The summed E-state index contributed by atoms with van der Waals surface area (Å²) in [6, 6.07) is 39.4. The molecule has 1 heteroatoms. The Morgan fingerprint density at radius 2 is 1.17 bits per heavy atom. The van der Waals surface area contributed by atoms with Gasteiger partial charge in [0.15, 0.2) is 0 Å². The molecule has 6 aromatic rings. The first-order valence-corrected chi connectivity index (χ1v) is 10.4. The zero-order chi connectivity index (χ0) is 20.1. The van der Waals surface area contributed by atoms with Crippen molar-refractivity contribution in [2.75, 3.05) is 0 Å². The molecule has 1 heterocycles. The van der Waals surface area contributed by atoms with Crippen LogP contribution in [0.1, 0.15) is 5.56 Å². The van der Waals surface area contributed by atoms with E-state index in [0.29, 0.717) is 0 Å². The summed E-state index contributed by atoms with van der Waals surface area (Å²) in [6.07, 6.45) is 0. The second-order valence-corrected chi connectivity index (χ2v) is 7.92. The van der Waals surface area contributed by atoms with Crippen molar-refractivity contribution in [3.8, 4) is 16.8 Å². The van der Waals surface area contributed by atoms with Crippen LogP contribution in [0.15, 0.2) is 109 Å². The van der Waals surface area contributed by atoms with Gasteiger partial charge in [0.2, 0.25) is 0 Å². The Bertz CT molecular complexity index is 1540. The van der Waals surface area contributed by atoms with E-state index in [-0.39, 0.29) is 0 Å². The number of para-hydroxylation sites is 1. The molecule has 0 fully saturated rings. The molecule has 5 aromatic carbocycles. The molecule has 30 heavy (non-hydrogen) atoms. The number of aromatic nitrogens is 1. The van der Waals surface area contributed by atoms with E-state index in [2.05, 4.69) is 121 Å². The van der Waals surface area contributed by atoms with Crippen LogP contribution in [0.4, 0.5) is 0 Å². The molecule has 1 nitrogen and oxygen atoms in total. The molecule has 1 aromatic heterocycles. The summed E-state index contributed by atoms with van der Waals surface area (Å²) in [6.45, 7) is 2.16. The van der Waals surface area contributed by atoms with Crippen LogP contribution in [-0.2, 0) is 0 Å². The van der Waals surface area contributed by atoms with Crippen molar-refractivity contribution in [1.29, 1.82) is 0 Å². The van der Waals surface area contributed by atoms with Crippen molar-refractivity contribution in [3.63, 3.8) is 0 Å². The molecular formula is C29H21N. The highest BCUT2D eigenvalue weighted by Crippen LogP contribution is 2.37. The molecule has 0 unspecified atom stereocenters. The lowest BCUT2D eigenvalue weighted by atomic mass is 9.97. The summed E-state index contributed by atoms with van der Waals surface area (Å²) in [5.74, 6) is 0. The van der Waals surface area contributed by atoms with Crippen LogP contribution in [0, 0.1) is 6.92 Å². The molecule has 0 aliphatic rings. The molecule has 0 spiro atoms. The largest absolute Gasteiger partial charge is 0.309 e. The Balaban J connectivity index is 1.74. The van der Waals surface area contributed by atoms with E-state index >= 15 is 0 Å². The summed E-state index contributed by atoms with van der Waals surface area (Å²) in [4.78, 5) is 0. The average molecular weight is 383 g/mol. The maximum atomic E-state index is 2.42. The molecule has 142 valence electrons. The zero-order valence-electron chi connectivity index (χ0n) is 16.8. The highest BCUT2D eigenvalue weighted by atomic mass is 15.0. The minimum atomic E-state index is 1.22. The monoisotopic (exact) mass is 383 g/mol. The Labute approximate surface area is 175 Å². The normalized spacial score (nSPS) is 11.5. The fourth-order valence-electron chi connectivity index (χ4n) is 4.69. The second-order valence-electron chi connectivity index (χ2n) is 7.92. The van der Waals surface area contributed by atoms with E-state index in [1.54, 1.807) is 0 Å². The van der Waals surface area contributed by atoms with Crippen LogP contribution in [0.3, 0.4) is 0 Å². The van der Waals surface area contributed by atoms with Gasteiger partial charge in [-0.2, -0.15) is 0 Å². The van der Waals surface area contributed by atoms with Crippen molar-refractivity contribution in [2.24, 2.45) is 0 Å². The number of rotatable bonds is 2. The summed E-state index contributed by atoms with van der Waals surface area (Å²) in [5, 5.41) is 5.15. The predicted octanol–water partition coefficient (Wildman–Crippen LogP) is 7.91. The molecule has 0 amide bonds. The number of aryl methyl sites for hydroxylation is 1. The first-order chi connectivity index (χ1) is 14.8. The number of hydrogen-bond donors (Lipinski definition) is 0. The third kappa shape index (κ3) is 2.49. The van der Waals surface area contributed by atoms with Gasteiger partial charge in [-0.3, -0.25) is 0 Å². The molecule has 0 bridgehead atoms. The van der Waals surface area contributed by atoms with Crippen molar-refractivity contribution in [3.05, 3.63) is 115 Å². The van der Waals surface area contributed by atoms with Gasteiger partial charge in [-0.25, -0.2) is 0 Å². The first kappa shape index (κ1) is 17.1. The number of nitrogens with zero attached hydrogens (tertiary/aromatic N) is 1. The molecule has 0 radical (unpaired) electrons. The quantitative estimate of drug-likeness (QED) is 0.286. The number of benzene rings is 5. The van der Waals surface area contributed by atoms with Crippen LogP contribution >= 0.6 is 0 Å². The van der Waals surface area contributed by atoms with Crippen molar-refractivity contribution >= 4 is 32.6 Å². The molecule has 0 saturated carbocycles. The minimum Gasteiger partial charge on any atom is -0.309 e. The van der Waals surface area contributed by atoms with Gasteiger partial charge in [-0.15, -0.1) is 0 Å². The standard InChI is InChI=1S/C29H21N/c1-20-15-17-29-26(19-20)25-13-7-8-14-27(25)30(29)28-18-16-22(21-9-3-2-4-10-21)23-11-5-6-12-24(23)28/h2-19H,1H3. The van der Waals surface area contributed by atoms with Crippen molar-refractivity contribution in [2.45, 2.75) is 6.92 Å². The maximum Gasteiger partial charge on any atom is 0.0541 e.